The highest BCUT2D eigenvalue weighted by Crippen LogP contribution is 2.32. The van der Waals surface area contributed by atoms with Crippen molar-refractivity contribution in [1.29, 1.82) is 0 Å². The highest BCUT2D eigenvalue weighted by atomic mass is 16.4. The Bertz CT molecular complexity index is 1030. The van der Waals surface area contributed by atoms with E-state index in [0.717, 1.165) is 24.0 Å². The third kappa shape index (κ3) is 3.92. The highest BCUT2D eigenvalue weighted by Gasteiger charge is 2.39. The largest absolute Gasteiger partial charge is 0.408 e. The van der Waals surface area contributed by atoms with Gasteiger partial charge in [-0.15, -0.1) is 5.10 Å². The molecule has 1 aromatic carbocycles. The molecular formula is C22H25N5O4. The predicted octanol–water partition coefficient (Wildman–Crippen LogP) is 2.49. The van der Waals surface area contributed by atoms with E-state index >= 15 is 0 Å². The molecule has 9 nitrogen and oxygen atoms in total. The smallest absolute Gasteiger partial charge is 0.315 e. The van der Waals surface area contributed by atoms with Gasteiger partial charge in [-0.3, -0.25) is 19.7 Å². The second-order valence-corrected chi connectivity index (χ2v) is 8.53. The molecule has 2 aromatic rings. The second kappa shape index (κ2) is 8.13. The van der Waals surface area contributed by atoms with Crippen molar-refractivity contribution in [2.24, 2.45) is 0 Å². The monoisotopic (exact) mass is 423 g/mol. The lowest BCUT2D eigenvalue weighted by molar-refractivity contribution is -0.136. The Morgan fingerprint density at radius 1 is 1.10 bits per heavy atom. The molecule has 1 saturated carbocycles. The minimum absolute atomic E-state index is 0.177. The van der Waals surface area contributed by atoms with Gasteiger partial charge in [-0.25, -0.2) is 0 Å². The molecule has 5 rings (SSSR count). The van der Waals surface area contributed by atoms with Crippen molar-refractivity contribution in [3.8, 4) is 0 Å². The number of hydrogen-bond donors (Lipinski definition) is 2. The van der Waals surface area contributed by atoms with E-state index in [4.69, 9.17) is 4.42 Å². The van der Waals surface area contributed by atoms with Gasteiger partial charge in [-0.1, -0.05) is 36.5 Å². The van der Waals surface area contributed by atoms with Crippen LogP contribution in [0.2, 0.25) is 0 Å². The average Bonchev–Trinajstić information content (AvgIpc) is 3.38. The van der Waals surface area contributed by atoms with Crippen LogP contribution in [0.4, 0.5) is 6.01 Å². The minimum atomic E-state index is -0.601. The lowest BCUT2D eigenvalue weighted by Crippen LogP contribution is -2.52. The van der Waals surface area contributed by atoms with Gasteiger partial charge in [0, 0.05) is 31.0 Å². The van der Waals surface area contributed by atoms with Crippen LogP contribution in [-0.2, 0) is 22.7 Å². The van der Waals surface area contributed by atoms with Crippen LogP contribution in [0.15, 0.2) is 22.6 Å². The zero-order valence-electron chi connectivity index (χ0n) is 17.2. The molecule has 1 aliphatic carbocycles. The summed E-state index contributed by atoms with van der Waals surface area (Å²) in [7, 11) is 0. The Labute approximate surface area is 179 Å². The first-order valence-electron chi connectivity index (χ1n) is 10.9. The third-order valence-electron chi connectivity index (χ3n) is 6.43. The SMILES string of the molecule is O=C1CCC(N2Cc3ccc(CNc4nnc(C5CCCCC5)o4)cc3C2=O)C(=O)N1. The number of amides is 3. The van der Waals surface area contributed by atoms with Gasteiger partial charge in [0.15, 0.2) is 0 Å². The number of anilines is 1. The molecular weight excluding hydrogens is 398 g/mol. The molecule has 1 saturated heterocycles. The van der Waals surface area contributed by atoms with Crippen LogP contribution in [-0.4, -0.2) is 38.9 Å². The van der Waals surface area contributed by atoms with Crippen molar-refractivity contribution in [3.05, 3.63) is 40.8 Å². The summed E-state index contributed by atoms with van der Waals surface area (Å²) in [6.45, 7) is 0.827. The normalized spacial score (nSPS) is 21.9. The number of piperidine rings is 1. The Balaban J connectivity index is 1.23. The Morgan fingerprint density at radius 2 is 1.94 bits per heavy atom. The first kappa shape index (κ1) is 19.7. The fraction of sp³-hybridized carbons (Fsp3) is 0.500. The van der Waals surface area contributed by atoms with Crippen molar-refractivity contribution < 1.29 is 18.8 Å². The van der Waals surface area contributed by atoms with E-state index in [1.165, 1.54) is 19.3 Å². The summed E-state index contributed by atoms with van der Waals surface area (Å²) in [6, 6.07) is 5.49. The van der Waals surface area contributed by atoms with Gasteiger partial charge in [0.2, 0.25) is 17.7 Å². The molecule has 2 aliphatic heterocycles. The number of nitrogens with zero attached hydrogens (tertiary/aromatic N) is 3. The lowest BCUT2D eigenvalue weighted by Gasteiger charge is -2.29. The molecule has 3 aliphatic rings. The van der Waals surface area contributed by atoms with Gasteiger partial charge in [-0.2, -0.15) is 0 Å². The summed E-state index contributed by atoms with van der Waals surface area (Å²) in [4.78, 5) is 38.1. The fourth-order valence-corrected chi connectivity index (χ4v) is 4.71. The first-order chi connectivity index (χ1) is 15.1. The molecule has 2 N–H and O–H groups in total. The maximum absolute atomic E-state index is 12.9. The van der Waals surface area contributed by atoms with E-state index in [-0.39, 0.29) is 18.2 Å². The Morgan fingerprint density at radius 3 is 2.74 bits per heavy atom. The maximum atomic E-state index is 12.9. The van der Waals surface area contributed by atoms with E-state index < -0.39 is 11.9 Å². The van der Waals surface area contributed by atoms with E-state index in [2.05, 4.69) is 20.8 Å². The van der Waals surface area contributed by atoms with Crippen molar-refractivity contribution >= 4 is 23.7 Å². The summed E-state index contributed by atoms with van der Waals surface area (Å²) in [5.41, 5.74) is 2.39. The Kier molecular flexibility index (Phi) is 5.17. The van der Waals surface area contributed by atoms with Crippen molar-refractivity contribution in [1.82, 2.24) is 20.4 Å². The van der Waals surface area contributed by atoms with E-state index in [1.54, 1.807) is 4.90 Å². The number of benzene rings is 1. The van der Waals surface area contributed by atoms with Crippen LogP contribution in [0.5, 0.6) is 0 Å². The number of aromatic nitrogens is 2. The number of carbonyl (C=O) groups is 3. The highest BCUT2D eigenvalue weighted by molar-refractivity contribution is 6.05. The average molecular weight is 423 g/mol. The van der Waals surface area contributed by atoms with Gasteiger partial charge >= 0.3 is 6.01 Å². The van der Waals surface area contributed by atoms with Gasteiger partial charge in [0.25, 0.3) is 5.91 Å². The zero-order valence-corrected chi connectivity index (χ0v) is 17.2. The van der Waals surface area contributed by atoms with Crippen LogP contribution in [0.25, 0.3) is 0 Å². The van der Waals surface area contributed by atoms with Crippen LogP contribution >= 0.6 is 0 Å². The number of hydrogen-bond acceptors (Lipinski definition) is 7. The van der Waals surface area contributed by atoms with Gasteiger partial charge < -0.3 is 14.6 Å². The quantitative estimate of drug-likeness (QED) is 0.710. The van der Waals surface area contributed by atoms with Crippen LogP contribution in [0.1, 0.15) is 78.2 Å². The van der Waals surface area contributed by atoms with Crippen LogP contribution < -0.4 is 10.6 Å². The molecule has 162 valence electrons. The molecule has 1 atom stereocenters. The molecule has 9 heteroatoms. The van der Waals surface area contributed by atoms with Crippen molar-refractivity contribution in [2.45, 2.75) is 70.0 Å². The number of carbonyl (C=O) groups excluding carboxylic acids is 3. The van der Waals surface area contributed by atoms with Crippen molar-refractivity contribution in [3.63, 3.8) is 0 Å². The van der Waals surface area contributed by atoms with E-state index in [9.17, 15) is 14.4 Å². The predicted molar refractivity (Wildman–Crippen MR) is 110 cm³/mol. The number of rotatable bonds is 5. The lowest BCUT2D eigenvalue weighted by atomic mass is 9.89. The molecule has 3 heterocycles. The molecule has 1 unspecified atom stereocenters. The molecule has 2 fully saturated rings. The van der Waals surface area contributed by atoms with Crippen molar-refractivity contribution in [2.75, 3.05) is 5.32 Å². The Hall–Kier alpha value is -3.23. The molecule has 0 spiro atoms. The summed E-state index contributed by atoms with van der Waals surface area (Å²) >= 11 is 0. The van der Waals surface area contributed by atoms with E-state index in [1.807, 2.05) is 18.2 Å². The molecule has 1 aromatic heterocycles. The molecule has 0 radical (unpaired) electrons. The molecule has 3 amide bonds. The summed E-state index contributed by atoms with van der Waals surface area (Å²) < 4.78 is 5.80. The van der Waals surface area contributed by atoms with Gasteiger partial charge in [0.05, 0.1) is 0 Å². The zero-order chi connectivity index (χ0) is 21.4. The fourth-order valence-electron chi connectivity index (χ4n) is 4.71. The standard InChI is InChI=1S/C22H25N5O4/c28-18-9-8-17(19(29)24-18)27-12-15-7-6-13(10-16(15)21(27)30)11-23-22-26-25-20(31-22)14-4-2-1-3-5-14/h6-7,10,14,17H,1-5,8-9,11-12H2,(H,23,26)(H,24,28,29). The number of fused-ring (bicyclic) bond motifs is 1. The number of imide groups is 1. The van der Waals surface area contributed by atoms with E-state index in [0.29, 0.717) is 42.9 Å². The van der Waals surface area contributed by atoms with Crippen LogP contribution in [0.3, 0.4) is 0 Å². The minimum Gasteiger partial charge on any atom is -0.408 e. The number of nitrogens with one attached hydrogen (secondary N) is 2. The molecule has 31 heavy (non-hydrogen) atoms. The summed E-state index contributed by atoms with van der Waals surface area (Å²) in [5, 5.41) is 13.8. The first-order valence-corrected chi connectivity index (χ1v) is 10.9. The van der Waals surface area contributed by atoms with Gasteiger partial charge in [0.1, 0.15) is 6.04 Å². The maximum Gasteiger partial charge on any atom is 0.315 e. The molecule has 0 bridgehead atoms. The second-order valence-electron chi connectivity index (χ2n) is 8.53. The summed E-state index contributed by atoms with van der Waals surface area (Å²) in [5.74, 6) is 0.193. The third-order valence-corrected chi connectivity index (χ3v) is 6.43. The summed E-state index contributed by atoms with van der Waals surface area (Å²) in [6.07, 6.45) is 6.48. The van der Waals surface area contributed by atoms with Crippen LogP contribution in [0, 0.1) is 0 Å². The topological polar surface area (TPSA) is 117 Å². The van der Waals surface area contributed by atoms with Gasteiger partial charge in [-0.05, 0) is 36.5 Å².